The van der Waals surface area contributed by atoms with Crippen LogP contribution in [-0.4, -0.2) is 19.0 Å². The molecule has 0 aliphatic carbocycles. The third-order valence-corrected chi connectivity index (χ3v) is 3.22. The van der Waals surface area contributed by atoms with E-state index in [1.807, 2.05) is 19.1 Å². The van der Waals surface area contributed by atoms with Gasteiger partial charge in [-0.25, -0.2) is 13.8 Å². The van der Waals surface area contributed by atoms with Gasteiger partial charge in [0.05, 0.1) is 12.8 Å². The molecule has 2 N–H and O–H groups in total. The van der Waals surface area contributed by atoms with Crippen molar-refractivity contribution in [2.75, 3.05) is 13.1 Å². The smallest absolute Gasteiger partial charge is 0.191 e. The van der Waals surface area contributed by atoms with Crippen LogP contribution in [0.4, 0.5) is 8.78 Å². The van der Waals surface area contributed by atoms with Gasteiger partial charge in [0, 0.05) is 25.1 Å². The minimum atomic E-state index is -0.483. The van der Waals surface area contributed by atoms with E-state index < -0.39 is 11.6 Å². The van der Waals surface area contributed by atoms with Gasteiger partial charge in [-0.2, -0.15) is 0 Å². The van der Waals surface area contributed by atoms with E-state index in [0.29, 0.717) is 25.5 Å². The lowest BCUT2D eigenvalue weighted by Crippen LogP contribution is -2.39. The van der Waals surface area contributed by atoms with E-state index in [-0.39, 0.29) is 36.1 Å². The topological polar surface area (TPSA) is 49.6 Å². The average Bonchev–Trinajstić information content (AvgIpc) is 3.05. The van der Waals surface area contributed by atoms with Crippen molar-refractivity contribution < 1.29 is 13.2 Å². The summed E-state index contributed by atoms with van der Waals surface area (Å²) in [5.74, 6) is 0.407. The monoisotopic (exact) mass is 461 g/mol. The minimum absolute atomic E-state index is 0. The molecule has 7 heteroatoms. The summed E-state index contributed by atoms with van der Waals surface area (Å²) < 4.78 is 32.2. The molecule has 0 aliphatic heterocycles. The Morgan fingerprint density at radius 1 is 1.24 bits per heavy atom. The van der Waals surface area contributed by atoms with E-state index in [1.165, 1.54) is 0 Å². The van der Waals surface area contributed by atoms with Crippen molar-refractivity contribution in [3.8, 4) is 0 Å². The second-order valence-corrected chi connectivity index (χ2v) is 5.47. The Hall–Kier alpha value is -1.90. The van der Waals surface area contributed by atoms with Gasteiger partial charge in [-0.15, -0.1) is 24.0 Å². The molecule has 1 heterocycles. The molecule has 2 aromatic rings. The quantitative estimate of drug-likeness (QED) is 0.284. The van der Waals surface area contributed by atoms with E-state index >= 15 is 0 Å². The number of nitrogens with zero attached hydrogens (tertiary/aromatic N) is 1. The second-order valence-electron chi connectivity index (χ2n) is 5.47. The van der Waals surface area contributed by atoms with Gasteiger partial charge in [-0.3, -0.25) is 0 Å². The largest absolute Gasteiger partial charge is 0.469 e. The maximum atomic E-state index is 13.7. The number of furan rings is 1. The van der Waals surface area contributed by atoms with Gasteiger partial charge in [-0.05, 0) is 37.3 Å². The van der Waals surface area contributed by atoms with Crippen LogP contribution < -0.4 is 10.6 Å². The molecule has 0 atom stereocenters. The fourth-order valence-corrected chi connectivity index (χ4v) is 2.00. The Morgan fingerprint density at radius 3 is 2.72 bits per heavy atom. The Bertz CT molecular complexity index is 702. The molecule has 0 saturated heterocycles. The van der Waals surface area contributed by atoms with E-state index in [1.54, 1.807) is 6.26 Å². The molecule has 0 fully saturated rings. The average molecular weight is 461 g/mol. The second kappa shape index (κ2) is 10.9. The van der Waals surface area contributed by atoms with Gasteiger partial charge in [0.25, 0.3) is 0 Å². The molecule has 25 heavy (non-hydrogen) atoms. The number of guanidine groups is 1. The summed E-state index contributed by atoms with van der Waals surface area (Å²) in [6.07, 6.45) is 2.31. The molecule has 0 aliphatic rings. The molecule has 2 rings (SSSR count). The summed E-state index contributed by atoms with van der Waals surface area (Å²) in [5.41, 5.74) is 1.14. The lowest BCUT2D eigenvalue weighted by Gasteiger charge is -2.12. The summed E-state index contributed by atoms with van der Waals surface area (Å²) in [5, 5.41) is 6.24. The fourth-order valence-electron chi connectivity index (χ4n) is 2.00. The lowest BCUT2D eigenvalue weighted by molar-refractivity contribution is 0.507. The van der Waals surface area contributed by atoms with Crippen molar-refractivity contribution >= 4 is 29.9 Å². The fraction of sp³-hybridized carbons (Fsp3) is 0.278. The van der Waals surface area contributed by atoms with Gasteiger partial charge < -0.3 is 15.1 Å². The first kappa shape index (κ1) is 21.1. The van der Waals surface area contributed by atoms with Crippen LogP contribution in [0.25, 0.3) is 0 Å². The molecule has 0 spiro atoms. The van der Waals surface area contributed by atoms with E-state index in [0.717, 1.165) is 29.5 Å². The molecular weight excluding hydrogens is 439 g/mol. The van der Waals surface area contributed by atoms with Crippen molar-refractivity contribution in [1.82, 2.24) is 10.6 Å². The maximum absolute atomic E-state index is 13.7. The van der Waals surface area contributed by atoms with E-state index in [9.17, 15) is 8.78 Å². The van der Waals surface area contributed by atoms with Gasteiger partial charge >= 0.3 is 0 Å². The first-order chi connectivity index (χ1) is 11.5. The van der Waals surface area contributed by atoms with Crippen molar-refractivity contribution in [3.63, 3.8) is 0 Å². The molecule has 1 aromatic heterocycles. The number of hydrogen-bond donors (Lipinski definition) is 2. The van der Waals surface area contributed by atoms with Gasteiger partial charge in [0.2, 0.25) is 0 Å². The van der Waals surface area contributed by atoms with Crippen LogP contribution >= 0.6 is 24.0 Å². The number of halogens is 3. The number of nitrogens with one attached hydrogen (secondary N) is 2. The van der Waals surface area contributed by atoms with Crippen LogP contribution in [0.1, 0.15) is 18.2 Å². The van der Waals surface area contributed by atoms with Crippen LogP contribution in [0, 0.1) is 11.6 Å². The predicted octanol–water partition coefficient (Wildman–Crippen LogP) is 4.03. The Kier molecular flexibility index (Phi) is 9.18. The van der Waals surface area contributed by atoms with Crippen LogP contribution in [0.3, 0.4) is 0 Å². The van der Waals surface area contributed by atoms with Gasteiger partial charge in [0.1, 0.15) is 17.4 Å². The summed E-state index contributed by atoms with van der Waals surface area (Å²) in [6.45, 7) is 6.89. The maximum Gasteiger partial charge on any atom is 0.191 e. The van der Waals surface area contributed by atoms with Crippen LogP contribution in [0.2, 0.25) is 0 Å². The summed E-state index contributed by atoms with van der Waals surface area (Å²) in [6, 6.07) is 7.06. The van der Waals surface area contributed by atoms with Gasteiger partial charge in [-0.1, -0.05) is 12.2 Å². The number of aliphatic imine (C=N–C) groups is 1. The van der Waals surface area contributed by atoms with Crippen molar-refractivity contribution in [3.05, 3.63) is 71.7 Å². The molecule has 0 unspecified atom stereocenters. The Morgan fingerprint density at radius 2 is 2.04 bits per heavy atom. The highest BCUT2D eigenvalue weighted by Crippen LogP contribution is 2.10. The number of hydrogen-bond acceptors (Lipinski definition) is 2. The molecule has 1 aromatic carbocycles. The summed E-state index contributed by atoms with van der Waals surface area (Å²) in [7, 11) is 0. The van der Waals surface area contributed by atoms with Crippen LogP contribution in [-0.2, 0) is 13.0 Å². The highest BCUT2D eigenvalue weighted by molar-refractivity contribution is 14.0. The molecule has 0 amide bonds. The highest BCUT2D eigenvalue weighted by atomic mass is 127. The highest BCUT2D eigenvalue weighted by Gasteiger charge is 2.05. The zero-order valence-electron chi connectivity index (χ0n) is 14.0. The molecule has 4 nitrogen and oxygen atoms in total. The first-order valence-corrected chi connectivity index (χ1v) is 7.67. The lowest BCUT2D eigenvalue weighted by atomic mass is 10.2. The molecule has 0 saturated carbocycles. The van der Waals surface area contributed by atoms with Crippen LogP contribution in [0.5, 0.6) is 0 Å². The number of rotatable bonds is 7. The summed E-state index contributed by atoms with van der Waals surface area (Å²) in [4.78, 5) is 4.30. The predicted molar refractivity (Wildman–Crippen MR) is 106 cm³/mol. The van der Waals surface area contributed by atoms with Crippen molar-refractivity contribution in [2.45, 2.75) is 19.9 Å². The van der Waals surface area contributed by atoms with Crippen molar-refractivity contribution in [2.24, 2.45) is 4.99 Å². The Balaban J connectivity index is 0.00000312. The molecule has 136 valence electrons. The SMILES string of the molecule is C=C(C)CNC(=NCc1cc(F)ccc1F)NCCc1ccco1.I. The first-order valence-electron chi connectivity index (χ1n) is 7.67. The Labute approximate surface area is 163 Å². The molecular formula is C18H22F2IN3O. The normalized spacial score (nSPS) is 10.9. The van der Waals surface area contributed by atoms with Crippen molar-refractivity contribution in [1.29, 1.82) is 0 Å². The third kappa shape index (κ3) is 7.68. The minimum Gasteiger partial charge on any atom is -0.469 e. The molecule has 0 radical (unpaired) electrons. The van der Waals surface area contributed by atoms with Crippen LogP contribution in [0.15, 0.2) is 58.2 Å². The summed E-state index contributed by atoms with van der Waals surface area (Å²) >= 11 is 0. The standard InChI is InChI=1S/C18H21F2N3O.HI/c1-13(2)11-22-18(21-8-7-16-4-3-9-24-16)23-12-14-10-15(19)5-6-17(14)20;/h3-6,9-10H,1,7-8,11-12H2,2H3,(H2,21,22,23);1H. The van der Waals surface area contributed by atoms with E-state index in [4.69, 9.17) is 4.42 Å². The van der Waals surface area contributed by atoms with E-state index in [2.05, 4.69) is 22.2 Å². The molecule has 0 bridgehead atoms. The zero-order chi connectivity index (χ0) is 17.4. The number of benzene rings is 1. The third-order valence-electron chi connectivity index (χ3n) is 3.22. The zero-order valence-corrected chi connectivity index (χ0v) is 16.3. The van der Waals surface area contributed by atoms with Gasteiger partial charge in [0.15, 0.2) is 5.96 Å².